The molecule has 0 rings (SSSR count). The highest BCUT2D eigenvalue weighted by Gasteiger charge is 2.24. The van der Waals surface area contributed by atoms with Gasteiger partial charge in [0.15, 0.2) is 6.04 Å². The van der Waals surface area contributed by atoms with Gasteiger partial charge in [-0.15, -0.1) is 0 Å². The number of carboxylic acids is 1. The van der Waals surface area contributed by atoms with Gasteiger partial charge < -0.3 is 25.6 Å². The van der Waals surface area contributed by atoms with Crippen molar-refractivity contribution in [3.05, 3.63) is 0 Å². The van der Waals surface area contributed by atoms with Crippen LogP contribution in [-0.4, -0.2) is 54.1 Å². The molecule has 0 spiro atoms. The van der Waals surface area contributed by atoms with Gasteiger partial charge in [-0.2, -0.15) is 0 Å². The summed E-state index contributed by atoms with van der Waals surface area (Å²) in [5, 5.41) is 22.4. The topological polar surface area (TPSA) is 108 Å². The Hall–Kier alpha value is -1.34. The number of aliphatic carboxylic acids is 1. The molecule has 0 aliphatic heterocycles. The molecule has 0 saturated heterocycles. The number of aliphatic hydroxyl groups excluding tert-OH is 1. The third-order valence-corrected chi connectivity index (χ3v) is 1.99. The SMILES string of the molecule is COC(C)CNC(=O)NC(C(=O)O)C(C)O. The maximum Gasteiger partial charge on any atom is 0.328 e. The average Bonchev–Trinajstić information content (AvgIpc) is 2.21. The number of amides is 2. The zero-order chi connectivity index (χ0) is 12.7. The van der Waals surface area contributed by atoms with E-state index in [-0.39, 0.29) is 12.6 Å². The molecule has 7 nitrogen and oxygen atoms in total. The summed E-state index contributed by atoms with van der Waals surface area (Å²) < 4.78 is 4.89. The lowest BCUT2D eigenvalue weighted by atomic mass is 10.2. The Kier molecular flexibility index (Phi) is 6.43. The Morgan fingerprint density at radius 2 is 1.94 bits per heavy atom. The molecule has 2 amide bonds. The lowest BCUT2D eigenvalue weighted by Crippen LogP contribution is -2.52. The van der Waals surface area contributed by atoms with E-state index in [1.165, 1.54) is 14.0 Å². The molecule has 0 fully saturated rings. The average molecular weight is 234 g/mol. The maximum atomic E-state index is 11.2. The predicted molar refractivity (Wildman–Crippen MR) is 56.1 cm³/mol. The Balaban J connectivity index is 4.06. The van der Waals surface area contributed by atoms with Crippen molar-refractivity contribution < 1.29 is 24.5 Å². The highest BCUT2D eigenvalue weighted by Crippen LogP contribution is 1.93. The smallest absolute Gasteiger partial charge is 0.328 e. The van der Waals surface area contributed by atoms with Crippen molar-refractivity contribution >= 4 is 12.0 Å². The van der Waals surface area contributed by atoms with Crippen molar-refractivity contribution in [3.8, 4) is 0 Å². The van der Waals surface area contributed by atoms with E-state index < -0.39 is 24.1 Å². The standard InChI is InChI=1S/C9H18N2O5/c1-5(16-3)4-10-9(15)11-7(6(2)12)8(13)14/h5-7,12H,4H2,1-3H3,(H,13,14)(H2,10,11,15). The summed E-state index contributed by atoms with van der Waals surface area (Å²) in [4.78, 5) is 21.9. The minimum Gasteiger partial charge on any atom is -0.480 e. The van der Waals surface area contributed by atoms with Crippen LogP contribution < -0.4 is 10.6 Å². The lowest BCUT2D eigenvalue weighted by molar-refractivity contribution is -0.141. The van der Waals surface area contributed by atoms with Gasteiger partial charge in [-0.3, -0.25) is 0 Å². The molecule has 0 aromatic carbocycles. The Morgan fingerprint density at radius 3 is 2.31 bits per heavy atom. The Morgan fingerprint density at radius 1 is 1.38 bits per heavy atom. The largest absolute Gasteiger partial charge is 0.480 e. The van der Waals surface area contributed by atoms with E-state index in [1.807, 2.05) is 0 Å². The first kappa shape index (κ1) is 14.7. The minimum atomic E-state index is -1.32. The summed E-state index contributed by atoms with van der Waals surface area (Å²) in [7, 11) is 1.50. The monoisotopic (exact) mass is 234 g/mol. The number of methoxy groups -OCH3 is 1. The van der Waals surface area contributed by atoms with Crippen molar-refractivity contribution in [2.45, 2.75) is 32.1 Å². The number of nitrogens with one attached hydrogen (secondary N) is 2. The highest BCUT2D eigenvalue weighted by molar-refractivity contribution is 5.82. The first-order chi connectivity index (χ1) is 7.38. The number of hydrogen-bond acceptors (Lipinski definition) is 4. The van der Waals surface area contributed by atoms with Crippen LogP contribution in [0, 0.1) is 0 Å². The molecule has 3 atom stereocenters. The first-order valence-corrected chi connectivity index (χ1v) is 4.86. The molecule has 0 saturated carbocycles. The molecule has 94 valence electrons. The van der Waals surface area contributed by atoms with E-state index in [0.29, 0.717) is 0 Å². The van der Waals surface area contributed by atoms with Crippen LogP contribution in [0.2, 0.25) is 0 Å². The van der Waals surface area contributed by atoms with Gasteiger partial charge in [-0.25, -0.2) is 9.59 Å². The Bertz CT molecular complexity index is 244. The zero-order valence-electron chi connectivity index (χ0n) is 9.56. The van der Waals surface area contributed by atoms with E-state index in [1.54, 1.807) is 6.92 Å². The first-order valence-electron chi connectivity index (χ1n) is 4.86. The zero-order valence-corrected chi connectivity index (χ0v) is 9.56. The van der Waals surface area contributed by atoms with E-state index in [2.05, 4.69) is 10.6 Å². The fourth-order valence-corrected chi connectivity index (χ4v) is 0.901. The molecule has 0 bridgehead atoms. The van der Waals surface area contributed by atoms with Crippen molar-refractivity contribution in [3.63, 3.8) is 0 Å². The summed E-state index contributed by atoms with van der Waals surface area (Å²) in [6, 6.07) is -1.98. The van der Waals surface area contributed by atoms with Crippen molar-refractivity contribution in [2.75, 3.05) is 13.7 Å². The molecule has 0 aliphatic rings. The van der Waals surface area contributed by atoms with E-state index in [0.717, 1.165) is 0 Å². The number of urea groups is 1. The van der Waals surface area contributed by atoms with Gasteiger partial charge in [-0.05, 0) is 13.8 Å². The molecule has 3 unspecified atom stereocenters. The number of carbonyl (C=O) groups excluding carboxylic acids is 1. The van der Waals surface area contributed by atoms with Gasteiger partial charge >= 0.3 is 12.0 Å². The molecule has 4 N–H and O–H groups in total. The Labute approximate surface area is 93.8 Å². The van der Waals surface area contributed by atoms with E-state index in [9.17, 15) is 9.59 Å². The molecule has 7 heteroatoms. The van der Waals surface area contributed by atoms with Gasteiger partial charge in [0, 0.05) is 13.7 Å². The molecule has 0 radical (unpaired) electrons. The van der Waals surface area contributed by atoms with Crippen LogP contribution in [0.1, 0.15) is 13.8 Å². The molecular formula is C9H18N2O5. The molecule has 0 aliphatic carbocycles. The molecule has 0 aromatic heterocycles. The van der Waals surface area contributed by atoms with Crippen molar-refractivity contribution in [1.82, 2.24) is 10.6 Å². The quantitative estimate of drug-likeness (QED) is 0.479. The number of carboxylic acid groups (broad SMARTS) is 1. The summed E-state index contributed by atoms with van der Waals surface area (Å²) in [5.41, 5.74) is 0. The number of aliphatic hydroxyl groups is 1. The number of rotatable bonds is 6. The normalized spacial score (nSPS) is 16.0. The second-order valence-electron chi connectivity index (χ2n) is 3.46. The van der Waals surface area contributed by atoms with Gasteiger partial charge in [0.05, 0.1) is 12.2 Å². The third-order valence-electron chi connectivity index (χ3n) is 1.99. The maximum absolute atomic E-state index is 11.2. The van der Waals surface area contributed by atoms with Crippen LogP contribution in [0.4, 0.5) is 4.79 Å². The van der Waals surface area contributed by atoms with E-state index in [4.69, 9.17) is 14.9 Å². The van der Waals surface area contributed by atoms with Crippen LogP contribution in [0.25, 0.3) is 0 Å². The fraction of sp³-hybridized carbons (Fsp3) is 0.778. The lowest BCUT2D eigenvalue weighted by Gasteiger charge is -2.18. The summed E-state index contributed by atoms with van der Waals surface area (Å²) in [6.45, 7) is 3.30. The van der Waals surface area contributed by atoms with Gasteiger partial charge in [0.2, 0.25) is 0 Å². The second-order valence-corrected chi connectivity index (χ2v) is 3.46. The molecule has 16 heavy (non-hydrogen) atoms. The van der Waals surface area contributed by atoms with Crippen LogP contribution in [0.5, 0.6) is 0 Å². The molecule has 0 heterocycles. The second kappa shape index (κ2) is 7.02. The fourth-order valence-electron chi connectivity index (χ4n) is 0.901. The van der Waals surface area contributed by atoms with Crippen LogP contribution in [-0.2, 0) is 9.53 Å². The van der Waals surface area contributed by atoms with Crippen LogP contribution in [0.3, 0.4) is 0 Å². The van der Waals surface area contributed by atoms with Gasteiger partial charge in [-0.1, -0.05) is 0 Å². The molecular weight excluding hydrogens is 216 g/mol. The minimum absolute atomic E-state index is 0.166. The summed E-state index contributed by atoms with van der Waals surface area (Å²) >= 11 is 0. The number of ether oxygens (including phenoxy) is 1. The van der Waals surface area contributed by atoms with Crippen molar-refractivity contribution in [2.24, 2.45) is 0 Å². The summed E-state index contributed by atoms with van der Waals surface area (Å²) in [5.74, 6) is -1.29. The number of hydrogen-bond donors (Lipinski definition) is 4. The highest BCUT2D eigenvalue weighted by atomic mass is 16.5. The predicted octanol–water partition coefficient (Wildman–Crippen LogP) is -0.845. The number of carbonyl (C=O) groups is 2. The van der Waals surface area contributed by atoms with Gasteiger partial charge in [0.25, 0.3) is 0 Å². The molecule has 0 aromatic rings. The summed E-state index contributed by atoms with van der Waals surface area (Å²) in [6.07, 6.45) is -1.33. The van der Waals surface area contributed by atoms with Crippen molar-refractivity contribution in [1.29, 1.82) is 0 Å². The van der Waals surface area contributed by atoms with Crippen LogP contribution in [0.15, 0.2) is 0 Å². The van der Waals surface area contributed by atoms with Gasteiger partial charge in [0.1, 0.15) is 0 Å². The van der Waals surface area contributed by atoms with Crippen LogP contribution >= 0.6 is 0 Å². The third kappa shape index (κ3) is 5.52. The van der Waals surface area contributed by atoms with E-state index >= 15 is 0 Å².